The average Bonchev–Trinajstić information content (AvgIpc) is 2.79. The number of aromatic nitrogens is 1. The summed E-state index contributed by atoms with van der Waals surface area (Å²) >= 11 is 0. The summed E-state index contributed by atoms with van der Waals surface area (Å²) in [5, 5.41) is 11.9. The molecule has 196 valence electrons. The second kappa shape index (κ2) is 10.8. The van der Waals surface area contributed by atoms with Crippen molar-refractivity contribution in [3.05, 3.63) is 81.1 Å². The number of hydrogen-bond donors (Lipinski definition) is 4. The van der Waals surface area contributed by atoms with Gasteiger partial charge < -0.3 is 25.9 Å². The van der Waals surface area contributed by atoms with Crippen molar-refractivity contribution < 1.29 is 37.0 Å². The lowest BCUT2D eigenvalue weighted by Gasteiger charge is -2.20. The van der Waals surface area contributed by atoms with Gasteiger partial charge in [0.05, 0.1) is 28.9 Å². The molecule has 0 unspecified atom stereocenters. The lowest BCUT2D eigenvalue weighted by molar-refractivity contribution is -0.143. The molecule has 0 spiro atoms. The highest BCUT2D eigenvalue weighted by Crippen LogP contribution is 2.30. The third-order valence-corrected chi connectivity index (χ3v) is 5.47. The minimum atomic E-state index is -1.18. The van der Waals surface area contributed by atoms with Crippen molar-refractivity contribution in [1.82, 2.24) is 10.3 Å². The van der Waals surface area contributed by atoms with E-state index < -0.39 is 74.2 Å². The van der Waals surface area contributed by atoms with Crippen LogP contribution in [0.1, 0.15) is 36.2 Å². The first-order valence-corrected chi connectivity index (χ1v) is 10.9. The number of carbonyl (C=O) groups excluding carboxylic acids is 1. The zero-order valence-corrected chi connectivity index (χ0v) is 19.8. The van der Waals surface area contributed by atoms with Gasteiger partial charge in [-0.25, -0.2) is 17.6 Å². The Bertz CT molecular complexity index is 1400. The predicted molar refractivity (Wildman–Crippen MR) is 126 cm³/mol. The highest BCUT2D eigenvalue weighted by molar-refractivity contribution is 6.12. The van der Waals surface area contributed by atoms with Gasteiger partial charge >= 0.3 is 5.97 Å². The molecule has 0 bridgehead atoms. The first-order chi connectivity index (χ1) is 17.3. The number of pyridine rings is 1. The molecule has 2 aromatic carbocycles. The van der Waals surface area contributed by atoms with Crippen molar-refractivity contribution in [2.24, 2.45) is 0 Å². The second-order valence-corrected chi connectivity index (χ2v) is 8.61. The largest absolute Gasteiger partial charge is 0.493 e. The fraction of sp³-hybridized carbons (Fsp3) is 0.240. The van der Waals surface area contributed by atoms with Gasteiger partial charge in [-0.2, -0.15) is 0 Å². The lowest BCUT2D eigenvalue weighted by Crippen LogP contribution is -2.47. The number of benzene rings is 2. The number of nitrogens with one attached hydrogen (secondary N) is 2. The third kappa shape index (κ3) is 6.15. The molecule has 0 aliphatic carbocycles. The zero-order valence-electron chi connectivity index (χ0n) is 19.8. The minimum absolute atomic E-state index is 0.00522. The molecule has 3 rings (SSSR count). The number of rotatable bonds is 10. The summed E-state index contributed by atoms with van der Waals surface area (Å²) in [6, 6.07) is 4.71. The maximum Gasteiger partial charge on any atom is 0.323 e. The smallest absolute Gasteiger partial charge is 0.323 e. The van der Waals surface area contributed by atoms with Gasteiger partial charge in [0.25, 0.3) is 5.56 Å². The van der Waals surface area contributed by atoms with Crippen LogP contribution in [-0.2, 0) is 4.79 Å². The monoisotopic (exact) mass is 521 g/mol. The van der Waals surface area contributed by atoms with Crippen molar-refractivity contribution in [2.45, 2.75) is 25.8 Å². The van der Waals surface area contributed by atoms with Crippen LogP contribution in [0.3, 0.4) is 0 Å². The molecule has 8 nitrogen and oxygen atoms in total. The molecule has 0 radical (unpaired) electrons. The Morgan fingerprint density at radius 2 is 1.68 bits per heavy atom. The van der Waals surface area contributed by atoms with Crippen LogP contribution in [0.5, 0.6) is 5.75 Å². The van der Waals surface area contributed by atoms with Crippen LogP contribution >= 0.6 is 0 Å². The van der Waals surface area contributed by atoms with E-state index in [1.807, 2.05) is 0 Å². The van der Waals surface area contributed by atoms with Gasteiger partial charge in [-0.1, -0.05) is 0 Å². The van der Waals surface area contributed by atoms with E-state index in [0.717, 1.165) is 30.3 Å². The van der Waals surface area contributed by atoms with Gasteiger partial charge in [0, 0.05) is 18.2 Å². The molecule has 1 aromatic heterocycles. The number of carboxylic acid groups (broad SMARTS) is 1. The molecule has 0 fully saturated rings. The van der Waals surface area contributed by atoms with Crippen LogP contribution in [0.25, 0.3) is 11.1 Å². The van der Waals surface area contributed by atoms with Crippen molar-refractivity contribution in [3.8, 4) is 16.9 Å². The van der Waals surface area contributed by atoms with Crippen LogP contribution in [0.4, 0.5) is 23.4 Å². The third-order valence-electron chi connectivity index (χ3n) is 5.47. The topological polar surface area (TPSA) is 135 Å². The normalized spacial score (nSPS) is 11.4. The van der Waals surface area contributed by atoms with Gasteiger partial charge in [-0.15, -0.1) is 0 Å². The van der Waals surface area contributed by atoms with Crippen molar-refractivity contribution in [3.63, 3.8) is 0 Å². The second-order valence-electron chi connectivity index (χ2n) is 8.61. The summed E-state index contributed by atoms with van der Waals surface area (Å²) in [5.74, 6) is -7.19. The molecule has 3 aromatic rings. The molecule has 37 heavy (non-hydrogen) atoms. The summed E-state index contributed by atoms with van der Waals surface area (Å²) in [5.41, 5.74) is 1.17. The van der Waals surface area contributed by atoms with E-state index in [-0.39, 0.29) is 18.9 Å². The summed E-state index contributed by atoms with van der Waals surface area (Å²) in [7, 11) is 0. The van der Waals surface area contributed by atoms with E-state index in [1.165, 1.54) is 13.8 Å². The quantitative estimate of drug-likeness (QED) is 0.182. The maximum atomic E-state index is 14.9. The Kier molecular flexibility index (Phi) is 8.02. The average molecular weight is 521 g/mol. The predicted octanol–water partition coefficient (Wildman–Crippen LogP) is 3.63. The van der Waals surface area contributed by atoms with E-state index in [4.69, 9.17) is 15.6 Å². The summed E-state index contributed by atoms with van der Waals surface area (Å²) in [4.78, 5) is 38.4. The summed E-state index contributed by atoms with van der Waals surface area (Å²) in [6.07, 6.45) is 0.324. The maximum absolute atomic E-state index is 14.9. The number of hydrogen-bond acceptors (Lipinski definition) is 6. The van der Waals surface area contributed by atoms with Gasteiger partial charge in [-0.05, 0) is 45.0 Å². The minimum Gasteiger partial charge on any atom is -0.493 e. The number of H-pyrrole nitrogens is 1. The number of nitrogen functional groups attached to an aromatic ring is 1. The molecule has 5 N–H and O–H groups in total. The number of nitrogens with two attached hydrogens (primary N) is 1. The Hall–Kier alpha value is -4.19. The Morgan fingerprint density at radius 3 is 2.27 bits per heavy atom. The van der Waals surface area contributed by atoms with E-state index in [9.17, 15) is 31.9 Å². The zero-order chi connectivity index (χ0) is 27.5. The molecule has 1 heterocycles. The number of aliphatic carboxylic acids is 1. The highest BCUT2D eigenvalue weighted by atomic mass is 19.1. The SMILES string of the molecule is CC(C)(NCCCOc1cc(F)c(-c2cc(C(=O)c3ccc(F)cc3F)c(N)[nH]c2=O)c(F)c1)C(=O)O. The number of halogens is 4. The molecule has 0 saturated carbocycles. The Labute approximate surface area is 208 Å². The van der Waals surface area contributed by atoms with E-state index in [0.29, 0.717) is 12.5 Å². The summed E-state index contributed by atoms with van der Waals surface area (Å²) < 4.78 is 62.4. The Morgan fingerprint density at radius 1 is 1.03 bits per heavy atom. The van der Waals surface area contributed by atoms with E-state index >= 15 is 0 Å². The van der Waals surface area contributed by atoms with Crippen molar-refractivity contribution >= 4 is 17.6 Å². The number of ketones is 1. The van der Waals surface area contributed by atoms with Gasteiger partial charge in [0.15, 0.2) is 5.78 Å². The number of carbonyl (C=O) groups is 2. The molecule has 0 aliphatic heterocycles. The molecular weight excluding hydrogens is 498 g/mol. The standard InChI is InChI=1S/C25H23F4N3O5/c1-25(2,24(35)36)31-6-3-7-37-13-9-18(28)20(19(29)10-13)15-11-16(22(30)32-23(15)34)21(33)14-5-4-12(26)8-17(14)27/h4-5,8-11,31H,3,6-7H2,1-2H3,(H,35,36)(H3,30,32,34). The van der Waals surface area contributed by atoms with Crippen LogP contribution in [0.2, 0.25) is 0 Å². The van der Waals surface area contributed by atoms with E-state index in [2.05, 4.69) is 10.3 Å². The fourth-order valence-corrected chi connectivity index (χ4v) is 3.37. The fourth-order valence-electron chi connectivity index (χ4n) is 3.37. The molecule has 12 heteroatoms. The number of anilines is 1. The molecule has 0 atom stereocenters. The number of carboxylic acids is 1. The molecule has 0 aliphatic rings. The molecule has 0 saturated heterocycles. The lowest BCUT2D eigenvalue weighted by atomic mass is 9.98. The van der Waals surface area contributed by atoms with Gasteiger partial charge in [0.2, 0.25) is 0 Å². The Balaban J connectivity index is 1.84. The van der Waals surface area contributed by atoms with Crippen LogP contribution in [0, 0.1) is 23.3 Å². The molecular formula is C25H23F4N3O5. The first-order valence-electron chi connectivity index (χ1n) is 10.9. The van der Waals surface area contributed by atoms with Crippen molar-refractivity contribution in [2.75, 3.05) is 18.9 Å². The van der Waals surface area contributed by atoms with E-state index in [1.54, 1.807) is 0 Å². The summed E-state index contributed by atoms with van der Waals surface area (Å²) in [6.45, 7) is 3.22. The van der Waals surface area contributed by atoms with Crippen LogP contribution in [-0.4, -0.2) is 40.5 Å². The number of aromatic amines is 1. The van der Waals surface area contributed by atoms with Gasteiger partial charge in [0.1, 0.15) is 40.4 Å². The van der Waals surface area contributed by atoms with Crippen molar-refractivity contribution in [1.29, 1.82) is 0 Å². The van der Waals surface area contributed by atoms with Crippen LogP contribution < -0.4 is 21.3 Å². The first kappa shape index (κ1) is 27.4. The highest BCUT2D eigenvalue weighted by Gasteiger charge is 2.26. The molecule has 0 amide bonds. The van der Waals surface area contributed by atoms with Gasteiger partial charge in [-0.3, -0.25) is 14.4 Å². The van der Waals surface area contributed by atoms with Crippen LogP contribution in [0.15, 0.2) is 41.2 Å². The number of ether oxygens (including phenoxy) is 1.